The van der Waals surface area contributed by atoms with Crippen molar-refractivity contribution in [1.29, 1.82) is 0 Å². The number of thioether (sulfide) groups is 1. The number of rotatable bonds is 4. The molecular weight excluding hydrogens is 352 g/mol. The second-order valence-electron chi connectivity index (χ2n) is 6.17. The second-order valence-corrected chi connectivity index (χ2v) is 8.14. The number of β-lactam (4-membered cyclic amide) rings is 1. The van der Waals surface area contributed by atoms with Gasteiger partial charge in [-0.05, 0) is 12.5 Å². The average Bonchev–Trinajstić information content (AvgIpc) is 2.52. The quantitative estimate of drug-likeness (QED) is 0.613. The smallest absolute Gasteiger partial charge is 0.328 e. The minimum atomic E-state index is -1.12. The number of nitrogens with zero attached hydrogens (tertiary/aromatic N) is 1. The predicted octanol–water partition coefficient (Wildman–Crippen LogP) is 1.08. The van der Waals surface area contributed by atoms with Crippen molar-refractivity contribution in [3.63, 3.8) is 0 Å². The molecule has 0 aliphatic carbocycles. The number of amides is 2. The van der Waals surface area contributed by atoms with Crippen LogP contribution in [0.2, 0.25) is 0 Å². The molecule has 1 aromatic rings. The standard InChI is InChI=1S/C16H17ClN2O4S/c1-16(17)8-24-14-11(13(21)19(14)12(16)15(22)23)18-10(20)7-9-5-3-2-4-6-9/h2-6,11-12,14H,7-8H2,1H3,(H,18,20)(H,22,23)/t11?,12?,14-,16?/m0/s1. The van der Waals surface area contributed by atoms with Crippen LogP contribution >= 0.6 is 23.4 Å². The molecule has 2 N–H and O–H groups in total. The van der Waals surface area contributed by atoms with E-state index in [0.29, 0.717) is 5.75 Å². The van der Waals surface area contributed by atoms with Gasteiger partial charge in [0.2, 0.25) is 11.8 Å². The number of carboxylic acid groups (broad SMARTS) is 1. The van der Waals surface area contributed by atoms with Gasteiger partial charge in [-0.25, -0.2) is 4.79 Å². The van der Waals surface area contributed by atoms with E-state index in [0.717, 1.165) is 5.56 Å². The van der Waals surface area contributed by atoms with Gasteiger partial charge in [-0.1, -0.05) is 30.3 Å². The number of carbonyl (C=O) groups excluding carboxylic acids is 2. The number of aliphatic carboxylic acids is 1. The Hall–Kier alpha value is -1.73. The first-order valence-corrected chi connectivity index (χ1v) is 8.93. The van der Waals surface area contributed by atoms with Crippen molar-refractivity contribution in [2.75, 3.05) is 5.75 Å². The Bertz CT molecular complexity index is 682. The molecule has 0 bridgehead atoms. The van der Waals surface area contributed by atoms with Gasteiger partial charge in [-0.15, -0.1) is 23.4 Å². The van der Waals surface area contributed by atoms with E-state index >= 15 is 0 Å². The molecule has 3 unspecified atom stereocenters. The first-order valence-electron chi connectivity index (χ1n) is 7.50. The van der Waals surface area contributed by atoms with E-state index in [9.17, 15) is 19.5 Å². The van der Waals surface area contributed by atoms with E-state index in [1.54, 1.807) is 6.92 Å². The number of alkyl halides is 1. The lowest BCUT2D eigenvalue weighted by Gasteiger charge is -2.55. The molecule has 8 heteroatoms. The number of fused-ring (bicyclic) bond motifs is 1. The second kappa shape index (κ2) is 6.29. The van der Waals surface area contributed by atoms with Crippen LogP contribution in [-0.2, 0) is 20.8 Å². The summed E-state index contributed by atoms with van der Waals surface area (Å²) in [6, 6.07) is 7.44. The van der Waals surface area contributed by atoms with Crippen LogP contribution < -0.4 is 5.32 Å². The molecule has 2 aliphatic rings. The summed E-state index contributed by atoms with van der Waals surface area (Å²) in [6.07, 6.45) is 0.178. The van der Waals surface area contributed by atoms with Crippen LogP contribution in [0.1, 0.15) is 12.5 Å². The van der Waals surface area contributed by atoms with Crippen molar-refractivity contribution < 1.29 is 19.5 Å². The van der Waals surface area contributed by atoms with Crippen LogP contribution in [0.5, 0.6) is 0 Å². The molecule has 2 saturated heterocycles. The van der Waals surface area contributed by atoms with Crippen molar-refractivity contribution in [3.05, 3.63) is 35.9 Å². The Morgan fingerprint density at radius 3 is 2.71 bits per heavy atom. The summed E-state index contributed by atoms with van der Waals surface area (Å²) in [5.74, 6) is -1.38. The number of carbonyl (C=O) groups is 3. The number of carboxylic acids is 1. The van der Waals surface area contributed by atoms with Crippen molar-refractivity contribution in [2.45, 2.75) is 35.7 Å². The van der Waals surface area contributed by atoms with Crippen molar-refractivity contribution in [3.8, 4) is 0 Å². The molecule has 0 saturated carbocycles. The molecule has 24 heavy (non-hydrogen) atoms. The highest BCUT2D eigenvalue weighted by Gasteiger charge is 2.61. The lowest BCUT2D eigenvalue weighted by molar-refractivity contribution is -0.164. The van der Waals surface area contributed by atoms with E-state index in [1.165, 1.54) is 16.7 Å². The molecule has 3 rings (SSSR count). The van der Waals surface area contributed by atoms with Crippen LogP contribution in [0.15, 0.2) is 30.3 Å². The zero-order valence-corrected chi connectivity index (χ0v) is 14.5. The van der Waals surface area contributed by atoms with Crippen molar-refractivity contribution >= 4 is 41.1 Å². The number of hydrogen-bond donors (Lipinski definition) is 2. The summed E-state index contributed by atoms with van der Waals surface area (Å²) < 4.78 is 0. The van der Waals surface area contributed by atoms with Crippen LogP contribution in [0.4, 0.5) is 0 Å². The van der Waals surface area contributed by atoms with Gasteiger partial charge in [-0.2, -0.15) is 0 Å². The third-order valence-corrected chi connectivity index (χ3v) is 6.33. The van der Waals surface area contributed by atoms with E-state index < -0.39 is 28.8 Å². The zero-order chi connectivity index (χ0) is 17.5. The Balaban J connectivity index is 1.67. The first-order chi connectivity index (χ1) is 11.3. The number of hydrogen-bond acceptors (Lipinski definition) is 4. The largest absolute Gasteiger partial charge is 0.480 e. The van der Waals surface area contributed by atoms with E-state index in [-0.39, 0.29) is 17.7 Å². The summed E-state index contributed by atoms with van der Waals surface area (Å²) >= 11 is 7.67. The van der Waals surface area contributed by atoms with E-state index in [2.05, 4.69) is 5.32 Å². The average molecular weight is 369 g/mol. The van der Waals surface area contributed by atoms with Crippen LogP contribution in [0.25, 0.3) is 0 Å². The van der Waals surface area contributed by atoms with Gasteiger partial charge in [0, 0.05) is 5.75 Å². The normalized spacial score (nSPS) is 31.8. The topological polar surface area (TPSA) is 86.7 Å². The summed E-state index contributed by atoms with van der Waals surface area (Å²) in [5.41, 5.74) is 0.853. The van der Waals surface area contributed by atoms with Gasteiger partial charge in [-0.3, -0.25) is 9.59 Å². The molecule has 2 heterocycles. The molecule has 0 aromatic heterocycles. The number of benzene rings is 1. The van der Waals surface area contributed by atoms with Gasteiger partial charge < -0.3 is 15.3 Å². The Labute approximate surface area is 148 Å². The van der Waals surface area contributed by atoms with Crippen LogP contribution in [0, 0.1) is 0 Å². The third-order valence-electron chi connectivity index (χ3n) is 4.22. The van der Waals surface area contributed by atoms with Gasteiger partial charge in [0.1, 0.15) is 17.5 Å². The highest BCUT2D eigenvalue weighted by atomic mass is 35.5. The lowest BCUT2D eigenvalue weighted by atomic mass is 9.94. The molecule has 2 aliphatic heterocycles. The van der Waals surface area contributed by atoms with Crippen LogP contribution in [-0.4, -0.2) is 55.9 Å². The minimum Gasteiger partial charge on any atom is -0.480 e. The highest BCUT2D eigenvalue weighted by Crippen LogP contribution is 2.44. The van der Waals surface area contributed by atoms with Crippen molar-refractivity contribution in [2.24, 2.45) is 0 Å². The fourth-order valence-corrected chi connectivity index (χ4v) is 4.87. The maximum absolute atomic E-state index is 12.4. The molecule has 4 atom stereocenters. The van der Waals surface area contributed by atoms with E-state index in [1.807, 2.05) is 30.3 Å². The Morgan fingerprint density at radius 2 is 2.08 bits per heavy atom. The molecule has 128 valence electrons. The van der Waals surface area contributed by atoms with E-state index in [4.69, 9.17) is 11.6 Å². The van der Waals surface area contributed by atoms with Crippen molar-refractivity contribution in [1.82, 2.24) is 10.2 Å². The third kappa shape index (κ3) is 2.98. The van der Waals surface area contributed by atoms with Gasteiger partial charge in [0.25, 0.3) is 0 Å². The summed E-state index contributed by atoms with van der Waals surface area (Å²) in [6.45, 7) is 1.62. The minimum absolute atomic E-state index is 0.178. The SMILES string of the molecule is CC1(Cl)CS[C@H]2C(NC(=O)Cc3ccccc3)C(=O)N2C1C(=O)O. The fraction of sp³-hybridized carbons (Fsp3) is 0.438. The maximum Gasteiger partial charge on any atom is 0.328 e. The molecule has 0 radical (unpaired) electrons. The summed E-state index contributed by atoms with van der Waals surface area (Å²) in [4.78, 5) is 36.3. The Kier molecular flexibility index (Phi) is 4.48. The fourth-order valence-electron chi connectivity index (χ4n) is 3.07. The van der Waals surface area contributed by atoms with Gasteiger partial charge >= 0.3 is 5.97 Å². The first kappa shape index (κ1) is 17.1. The molecule has 2 amide bonds. The zero-order valence-electron chi connectivity index (χ0n) is 12.9. The van der Waals surface area contributed by atoms with Crippen LogP contribution in [0.3, 0.4) is 0 Å². The monoisotopic (exact) mass is 368 g/mol. The maximum atomic E-state index is 12.4. The van der Waals surface area contributed by atoms with Gasteiger partial charge in [0.05, 0.1) is 11.3 Å². The summed E-state index contributed by atoms with van der Waals surface area (Å²) in [5, 5.41) is 11.7. The summed E-state index contributed by atoms with van der Waals surface area (Å²) in [7, 11) is 0. The Morgan fingerprint density at radius 1 is 1.42 bits per heavy atom. The number of halogens is 1. The van der Waals surface area contributed by atoms with Gasteiger partial charge in [0.15, 0.2) is 0 Å². The lowest BCUT2D eigenvalue weighted by Crippen LogP contribution is -2.78. The molecule has 1 aromatic carbocycles. The highest BCUT2D eigenvalue weighted by molar-refractivity contribution is 8.00. The number of nitrogens with one attached hydrogen (secondary N) is 1. The predicted molar refractivity (Wildman–Crippen MR) is 90.9 cm³/mol. The molecular formula is C16H17ClN2O4S. The molecule has 0 spiro atoms. The molecule has 6 nitrogen and oxygen atoms in total. The molecule has 2 fully saturated rings.